The van der Waals surface area contributed by atoms with Crippen molar-refractivity contribution in [2.24, 2.45) is 5.92 Å². The minimum atomic E-state index is 0.792. The second-order valence-corrected chi connectivity index (χ2v) is 4.62. The Morgan fingerprint density at radius 3 is 3.21 bits per heavy atom. The highest BCUT2D eigenvalue weighted by atomic mass is 35.5. The highest BCUT2D eigenvalue weighted by molar-refractivity contribution is 6.25. The Kier molecular flexibility index (Phi) is 3.85. The fraction of sp³-hybridized carbons (Fsp3) is 0.818. The van der Waals surface area contributed by atoms with Crippen LogP contribution in [0.15, 0.2) is 11.6 Å². The molecular formula is C11H19ClN2. The summed E-state index contributed by atoms with van der Waals surface area (Å²) in [5, 5.41) is 3.63. The largest absolute Gasteiger partial charge is 0.314 e. The normalized spacial score (nSPS) is 34.6. The summed E-state index contributed by atoms with van der Waals surface area (Å²) in [6.45, 7) is 4.71. The van der Waals surface area contributed by atoms with Gasteiger partial charge >= 0.3 is 0 Å². The van der Waals surface area contributed by atoms with Crippen molar-refractivity contribution in [2.45, 2.75) is 25.3 Å². The van der Waals surface area contributed by atoms with E-state index in [-0.39, 0.29) is 0 Å². The molecule has 3 heteroatoms. The van der Waals surface area contributed by atoms with Gasteiger partial charge in [-0.05, 0) is 38.3 Å². The number of piperidine rings is 2. The number of hydrogen-bond donors (Lipinski definition) is 1. The summed E-state index contributed by atoms with van der Waals surface area (Å²) in [7, 11) is 0. The standard InChI is InChI=1S/C11H19ClN2/c12-5-2-7-14-8-4-11-10(9-14)3-1-6-13-11/h2,5,10-11,13H,1,3-4,6-9H2/b5-2+. The zero-order chi connectivity index (χ0) is 9.80. The molecule has 2 atom stereocenters. The fourth-order valence-electron chi connectivity index (χ4n) is 2.68. The monoisotopic (exact) mass is 214 g/mol. The van der Waals surface area contributed by atoms with Crippen LogP contribution in [-0.4, -0.2) is 37.1 Å². The van der Waals surface area contributed by atoms with Gasteiger partial charge in [0.2, 0.25) is 0 Å². The van der Waals surface area contributed by atoms with Crippen molar-refractivity contribution >= 4 is 11.6 Å². The molecule has 0 amide bonds. The molecule has 80 valence electrons. The second kappa shape index (κ2) is 5.15. The summed E-state index contributed by atoms with van der Waals surface area (Å²) < 4.78 is 0. The molecule has 1 N–H and O–H groups in total. The first kappa shape index (κ1) is 10.5. The van der Waals surface area contributed by atoms with E-state index in [0.29, 0.717) is 0 Å². The quantitative estimate of drug-likeness (QED) is 0.755. The maximum absolute atomic E-state index is 5.54. The van der Waals surface area contributed by atoms with E-state index in [1.807, 2.05) is 6.08 Å². The molecular weight excluding hydrogens is 196 g/mol. The first-order valence-corrected chi connectivity index (χ1v) is 6.05. The van der Waals surface area contributed by atoms with E-state index in [9.17, 15) is 0 Å². The highest BCUT2D eigenvalue weighted by Crippen LogP contribution is 2.24. The third kappa shape index (κ3) is 2.50. The van der Waals surface area contributed by atoms with E-state index >= 15 is 0 Å². The number of hydrogen-bond acceptors (Lipinski definition) is 2. The lowest BCUT2D eigenvalue weighted by Crippen LogP contribution is -2.52. The van der Waals surface area contributed by atoms with Crippen molar-refractivity contribution in [3.8, 4) is 0 Å². The van der Waals surface area contributed by atoms with Gasteiger partial charge in [0.15, 0.2) is 0 Å². The van der Waals surface area contributed by atoms with E-state index in [2.05, 4.69) is 10.2 Å². The third-order valence-electron chi connectivity index (χ3n) is 3.43. The van der Waals surface area contributed by atoms with Crippen LogP contribution >= 0.6 is 11.6 Å². The van der Waals surface area contributed by atoms with Crippen LogP contribution in [0.3, 0.4) is 0 Å². The van der Waals surface area contributed by atoms with E-state index in [1.165, 1.54) is 38.9 Å². The lowest BCUT2D eigenvalue weighted by atomic mass is 9.85. The zero-order valence-electron chi connectivity index (χ0n) is 8.58. The molecule has 2 rings (SSSR count). The summed E-state index contributed by atoms with van der Waals surface area (Å²) in [4.78, 5) is 2.51. The van der Waals surface area contributed by atoms with Gasteiger partial charge < -0.3 is 5.32 Å². The first-order chi connectivity index (χ1) is 6.90. The van der Waals surface area contributed by atoms with Crippen LogP contribution in [0.2, 0.25) is 0 Å². The third-order valence-corrected chi connectivity index (χ3v) is 3.61. The van der Waals surface area contributed by atoms with Crippen LogP contribution in [0, 0.1) is 5.92 Å². The molecule has 2 heterocycles. The molecule has 0 aromatic carbocycles. The lowest BCUT2D eigenvalue weighted by Gasteiger charge is -2.41. The average Bonchev–Trinajstić information content (AvgIpc) is 2.26. The number of likely N-dealkylation sites (tertiary alicyclic amines) is 1. The maximum atomic E-state index is 5.54. The molecule has 14 heavy (non-hydrogen) atoms. The topological polar surface area (TPSA) is 15.3 Å². The van der Waals surface area contributed by atoms with E-state index in [1.54, 1.807) is 5.54 Å². The number of nitrogens with zero attached hydrogens (tertiary/aromatic N) is 1. The first-order valence-electron chi connectivity index (χ1n) is 5.61. The van der Waals surface area contributed by atoms with Gasteiger partial charge in [0.1, 0.15) is 0 Å². The molecule has 0 radical (unpaired) electrons. The van der Waals surface area contributed by atoms with Crippen LogP contribution in [0.5, 0.6) is 0 Å². The van der Waals surface area contributed by atoms with Crippen LogP contribution in [0.4, 0.5) is 0 Å². The Bertz CT molecular complexity index is 205. The van der Waals surface area contributed by atoms with Crippen molar-refractivity contribution in [2.75, 3.05) is 26.2 Å². The molecule has 2 nitrogen and oxygen atoms in total. The van der Waals surface area contributed by atoms with Crippen molar-refractivity contribution in [1.29, 1.82) is 0 Å². The van der Waals surface area contributed by atoms with Gasteiger partial charge in [0, 0.05) is 24.7 Å². The van der Waals surface area contributed by atoms with Gasteiger partial charge in [-0.2, -0.15) is 0 Å². The molecule has 0 spiro atoms. The molecule has 0 aliphatic carbocycles. The van der Waals surface area contributed by atoms with Crippen LogP contribution in [-0.2, 0) is 0 Å². The van der Waals surface area contributed by atoms with Crippen LogP contribution in [0.1, 0.15) is 19.3 Å². The van der Waals surface area contributed by atoms with Gasteiger partial charge in [-0.25, -0.2) is 0 Å². The summed E-state index contributed by atoms with van der Waals surface area (Å²) in [5.74, 6) is 0.876. The number of rotatable bonds is 2. The minimum absolute atomic E-state index is 0.792. The second-order valence-electron chi connectivity index (χ2n) is 4.37. The van der Waals surface area contributed by atoms with E-state index in [0.717, 1.165) is 18.5 Å². The lowest BCUT2D eigenvalue weighted by molar-refractivity contribution is 0.124. The highest BCUT2D eigenvalue weighted by Gasteiger charge is 2.30. The number of fused-ring (bicyclic) bond motifs is 1. The predicted molar refractivity (Wildman–Crippen MR) is 60.6 cm³/mol. The van der Waals surface area contributed by atoms with E-state index < -0.39 is 0 Å². The minimum Gasteiger partial charge on any atom is -0.314 e. The SMILES string of the molecule is Cl/C=C/CN1CCC2NCCCC2C1. The molecule has 0 bridgehead atoms. The van der Waals surface area contributed by atoms with Crippen LogP contribution < -0.4 is 5.32 Å². The molecule has 0 aromatic rings. The molecule has 2 aliphatic heterocycles. The van der Waals surface area contributed by atoms with Crippen molar-refractivity contribution in [3.05, 3.63) is 11.6 Å². The van der Waals surface area contributed by atoms with Crippen LogP contribution in [0.25, 0.3) is 0 Å². The summed E-state index contributed by atoms with van der Waals surface area (Å²) in [5.41, 5.74) is 1.63. The van der Waals surface area contributed by atoms with Crippen molar-refractivity contribution in [3.63, 3.8) is 0 Å². The Labute approximate surface area is 91.3 Å². The number of nitrogens with one attached hydrogen (secondary N) is 1. The maximum Gasteiger partial charge on any atom is 0.0174 e. The predicted octanol–water partition coefficient (Wildman–Crippen LogP) is 1.81. The van der Waals surface area contributed by atoms with E-state index in [4.69, 9.17) is 11.6 Å². The molecule has 2 aliphatic rings. The van der Waals surface area contributed by atoms with Gasteiger partial charge in [-0.15, -0.1) is 0 Å². The smallest absolute Gasteiger partial charge is 0.0174 e. The molecule has 2 fully saturated rings. The number of halogens is 1. The van der Waals surface area contributed by atoms with Gasteiger partial charge in [0.25, 0.3) is 0 Å². The van der Waals surface area contributed by atoms with Gasteiger partial charge in [-0.1, -0.05) is 17.7 Å². The van der Waals surface area contributed by atoms with Crippen molar-refractivity contribution in [1.82, 2.24) is 10.2 Å². The summed E-state index contributed by atoms with van der Waals surface area (Å²) in [6.07, 6.45) is 6.10. The van der Waals surface area contributed by atoms with Gasteiger partial charge in [-0.3, -0.25) is 4.90 Å². The summed E-state index contributed by atoms with van der Waals surface area (Å²) in [6, 6.07) is 0.792. The summed E-state index contributed by atoms with van der Waals surface area (Å²) >= 11 is 5.54. The molecule has 2 saturated heterocycles. The Balaban J connectivity index is 1.83. The Morgan fingerprint density at radius 2 is 2.36 bits per heavy atom. The molecule has 2 unspecified atom stereocenters. The molecule has 0 aromatic heterocycles. The van der Waals surface area contributed by atoms with Gasteiger partial charge in [0.05, 0.1) is 0 Å². The average molecular weight is 215 g/mol. The Morgan fingerprint density at radius 1 is 1.43 bits per heavy atom. The zero-order valence-corrected chi connectivity index (χ0v) is 9.34. The fourth-order valence-corrected chi connectivity index (χ4v) is 2.75. The Hall–Kier alpha value is -0.0500. The molecule has 0 saturated carbocycles. The van der Waals surface area contributed by atoms with Crippen molar-refractivity contribution < 1.29 is 0 Å².